The Hall–Kier alpha value is -2.49. The molecule has 2 aromatic carbocycles. The van der Waals surface area contributed by atoms with Gasteiger partial charge in [-0.2, -0.15) is 5.43 Å². The Kier molecular flexibility index (Phi) is 3.81. The monoisotopic (exact) mass is 241 g/mol. The molecule has 1 amide bonds. The lowest BCUT2D eigenvalue weighted by atomic mass is 10.2. The Labute approximate surface area is 106 Å². The summed E-state index contributed by atoms with van der Waals surface area (Å²) >= 11 is 0. The number of nitrogens with one attached hydrogen (secondary N) is 1. The predicted molar refractivity (Wildman–Crippen MR) is 68.7 cm³/mol. The normalized spacial score (nSPS) is 9.61. The molecule has 0 spiro atoms. The van der Waals surface area contributed by atoms with Crippen molar-refractivity contribution in [1.82, 2.24) is 10.9 Å². The van der Waals surface area contributed by atoms with Crippen molar-refractivity contribution >= 4 is 11.6 Å². The first kappa shape index (κ1) is 12.0. The number of rotatable bonds is 4. The fourth-order valence-corrected chi connectivity index (χ4v) is 1.42. The summed E-state index contributed by atoms with van der Waals surface area (Å²) in [4.78, 5) is 11.8. The van der Waals surface area contributed by atoms with Crippen molar-refractivity contribution in [2.75, 3.05) is 7.11 Å². The zero-order valence-corrected chi connectivity index (χ0v) is 9.96. The molecule has 2 aromatic rings. The lowest BCUT2D eigenvalue weighted by Gasteiger charge is -2.05. The van der Waals surface area contributed by atoms with E-state index < -0.39 is 0 Å². The van der Waals surface area contributed by atoms with Crippen molar-refractivity contribution < 1.29 is 9.53 Å². The van der Waals surface area contributed by atoms with E-state index in [0.717, 1.165) is 0 Å². The van der Waals surface area contributed by atoms with Crippen molar-refractivity contribution in [3.63, 3.8) is 0 Å². The van der Waals surface area contributed by atoms with E-state index in [4.69, 9.17) is 4.74 Å². The number of nitrogens with zero attached hydrogens (tertiary/aromatic N) is 1. The lowest BCUT2D eigenvalue weighted by molar-refractivity contribution is 0.0940. The molecule has 0 aliphatic carbocycles. The van der Waals surface area contributed by atoms with E-state index in [0.29, 0.717) is 17.0 Å². The first-order valence-corrected chi connectivity index (χ1v) is 5.50. The van der Waals surface area contributed by atoms with Gasteiger partial charge < -0.3 is 4.74 Å². The molecule has 1 N–H and O–H groups in total. The van der Waals surface area contributed by atoms with Crippen LogP contribution in [-0.4, -0.2) is 13.0 Å². The molecule has 4 heteroatoms. The second-order valence-electron chi connectivity index (χ2n) is 3.62. The number of benzene rings is 2. The molecular weight excluding hydrogens is 228 g/mol. The fraction of sp³-hybridized carbons (Fsp3) is 0.0714. The summed E-state index contributed by atoms with van der Waals surface area (Å²) < 4.78 is 5.02. The van der Waals surface area contributed by atoms with Crippen LogP contribution in [0.5, 0.6) is 5.75 Å². The van der Waals surface area contributed by atoms with Crippen molar-refractivity contribution in [3.05, 3.63) is 60.2 Å². The van der Waals surface area contributed by atoms with Crippen LogP contribution in [0.1, 0.15) is 10.4 Å². The highest BCUT2D eigenvalue weighted by molar-refractivity contribution is 5.94. The summed E-state index contributed by atoms with van der Waals surface area (Å²) in [6, 6.07) is 16.1. The lowest BCUT2D eigenvalue weighted by Crippen LogP contribution is -2.28. The molecule has 1 radical (unpaired) electrons. The average Bonchev–Trinajstić information content (AvgIpc) is 2.46. The minimum absolute atomic E-state index is 0.249. The number of hydrogen-bond acceptors (Lipinski definition) is 2. The largest absolute Gasteiger partial charge is 0.497 e. The molecule has 0 fully saturated rings. The predicted octanol–water partition coefficient (Wildman–Crippen LogP) is 2.28. The Balaban J connectivity index is 1.95. The average molecular weight is 241 g/mol. The standard InChI is InChI=1S/C14H13N2O2/c1-18-13-9-7-11(8-10-13)14(17)16-15-12-5-3-2-4-6-12/h2-10H,1H3,(H,16,17). The number of para-hydroxylation sites is 1. The molecule has 0 aliphatic heterocycles. The smallest absolute Gasteiger partial charge is 0.271 e. The summed E-state index contributed by atoms with van der Waals surface area (Å²) in [7, 11) is 1.58. The second-order valence-corrected chi connectivity index (χ2v) is 3.62. The van der Waals surface area contributed by atoms with E-state index in [9.17, 15) is 4.79 Å². The van der Waals surface area contributed by atoms with Gasteiger partial charge in [-0.1, -0.05) is 18.2 Å². The number of ether oxygens (including phenoxy) is 1. The van der Waals surface area contributed by atoms with Gasteiger partial charge in [0.25, 0.3) is 5.91 Å². The Morgan fingerprint density at radius 3 is 2.33 bits per heavy atom. The van der Waals surface area contributed by atoms with Crippen LogP contribution in [0.15, 0.2) is 54.6 Å². The topological polar surface area (TPSA) is 52.4 Å². The molecule has 0 aliphatic rings. The molecular formula is C14H13N2O2. The third-order valence-corrected chi connectivity index (χ3v) is 2.39. The highest BCUT2D eigenvalue weighted by atomic mass is 16.5. The number of hydrogen-bond donors (Lipinski definition) is 1. The van der Waals surface area contributed by atoms with Crippen LogP contribution in [0.3, 0.4) is 0 Å². The minimum atomic E-state index is -0.249. The maximum absolute atomic E-state index is 11.8. The van der Waals surface area contributed by atoms with Gasteiger partial charge in [0.15, 0.2) is 0 Å². The highest BCUT2D eigenvalue weighted by Gasteiger charge is 2.05. The van der Waals surface area contributed by atoms with Crippen molar-refractivity contribution in [3.8, 4) is 5.75 Å². The fourth-order valence-electron chi connectivity index (χ4n) is 1.42. The number of amides is 1. The van der Waals surface area contributed by atoms with E-state index >= 15 is 0 Å². The first-order valence-electron chi connectivity index (χ1n) is 5.50. The second kappa shape index (κ2) is 5.72. The first-order chi connectivity index (χ1) is 8.79. The summed E-state index contributed by atoms with van der Waals surface area (Å²) in [5.74, 6) is 0.466. The van der Waals surface area contributed by atoms with Crippen LogP contribution in [0, 0.1) is 0 Å². The molecule has 0 unspecified atom stereocenters. The molecule has 4 nitrogen and oxygen atoms in total. The van der Waals surface area contributed by atoms with E-state index in [-0.39, 0.29) is 5.91 Å². The van der Waals surface area contributed by atoms with E-state index in [1.807, 2.05) is 30.3 Å². The van der Waals surface area contributed by atoms with Gasteiger partial charge in [0.05, 0.1) is 12.8 Å². The molecule has 0 saturated carbocycles. The third kappa shape index (κ3) is 3.01. The summed E-state index contributed by atoms with van der Waals surface area (Å²) in [5, 5.41) is 0. The Morgan fingerprint density at radius 2 is 1.72 bits per heavy atom. The molecule has 0 saturated heterocycles. The molecule has 2 rings (SSSR count). The van der Waals surface area contributed by atoms with Crippen LogP contribution >= 0.6 is 0 Å². The highest BCUT2D eigenvalue weighted by Crippen LogP contribution is 2.11. The van der Waals surface area contributed by atoms with Gasteiger partial charge in [0.1, 0.15) is 5.75 Å². The van der Waals surface area contributed by atoms with Crippen LogP contribution in [-0.2, 0) is 0 Å². The van der Waals surface area contributed by atoms with Crippen LogP contribution in [0.4, 0.5) is 5.69 Å². The zero-order valence-electron chi connectivity index (χ0n) is 9.96. The summed E-state index contributed by atoms with van der Waals surface area (Å²) in [6.45, 7) is 0. The molecule has 0 aromatic heterocycles. The van der Waals surface area contributed by atoms with Crippen molar-refractivity contribution in [1.29, 1.82) is 0 Å². The van der Waals surface area contributed by atoms with E-state index in [1.165, 1.54) is 0 Å². The van der Waals surface area contributed by atoms with Crippen molar-refractivity contribution in [2.45, 2.75) is 0 Å². The molecule has 0 bridgehead atoms. The van der Waals surface area contributed by atoms with Gasteiger partial charge in [-0.25, -0.2) is 5.43 Å². The zero-order chi connectivity index (χ0) is 12.8. The van der Waals surface area contributed by atoms with E-state index in [1.54, 1.807) is 31.4 Å². The maximum atomic E-state index is 11.8. The van der Waals surface area contributed by atoms with Gasteiger partial charge in [-0.3, -0.25) is 4.79 Å². The molecule has 91 valence electrons. The van der Waals surface area contributed by atoms with Gasteiger partial charge in [0.2, 0.25) is 0 Å². The SMILES string of the molecule is COc1ccc(C(=O)N[N]c2ccccc2)cc1. The molecule has 18 heavy (non-hydrogen) atoms. The number of methoxy groups -OCH3 is 1. The quantitative estimate of drug-likeness (QED) is 0.835. The maximum Gasteiger partial charge on any atom is 0.271 e. The van der Waals surface area contributed by atoms with Crippen LogP contribution in [0.25, 0.3) is 0 Å². The Bertz CT molecular complexity index is 509. The van der Waals surface area contributed by atoms with Crippen LogP contribution in [0.2, 0.25) is 0 Å². The minimum Gasteiger partial charge on any atom is -0.497 e. The molecule has 0 heterocycles. The van der Waals surface area contributed by atoms with Gasteiger partial charge in [0, 0.05) is 5.56 Å². The van der Waals surface area contributed by atoms with Crippen molar-refractivity contribution in [2.24, 2.45) is 0 Å². The number of carbonyl (C=O) groups excluding carboxylic acids is 1. The van der Waals surface area contributed by atoms with Gasteiger partial charge >= 0.3 is 0 Å². The summed E-state index contributed by atoms with van der Waals surface area (Å²) in [5.41, 5.74) is 7.74. The summed E-state index contributed by atoms with van der Waals surface area (Å²) in [6.07, 6.45) is 0. The number of carbonyl (C=O) groups is 1. The van der Waals surface area contributed by atoms with E-state index in [2.05, 4.69) is 10.9 Å². The van der Waals surface area contributed by atoms with Gasteiger partial charge in [-0.05, 0) is 36.4 Å². The third-order valence-electron chi connectivity index (χ3n) is 2.39. The van der Waals surface area contributed by atoms with Crippen LogP contribution < -0.4 is 15.6 Å². The Morgan fingerprint density at radius 1 is 1.06 bits per heavy atom. The van der Waals surface area contributed by atoms with Gasteiger partial charge in [-0.15, -0.1) is 0 Å². The molecule has 0 atom stereocenters.